The van der Waals surface area contributed by atoms with Crippen LogP contribution >= 0.6 is 0 Å². The molecule has 0 saturated carbocycles. The van der Waals surface area contributed by atoms with Crippen LogP contribution in [-0.4, -0.2) is 19.2 Å². The van der Waals surface area contributed by atoms with Gasteiger partial charge in [-0.15, -0.1) is 0 Å². The first-order valence-corrected chi connectivity index (χ1v) is 6.71. The van der Waals surface area contributed by atoms with Crippen LogP contribution in [0.25, 0.3) is 0 Å². The molecule has 3 heteroatoms. The number of carbonyl (C=O) groups is 1. The summed E-state index contributed by atoms with van der Waals surface area (Å²) in [5.41, 5.74) is 0. The summed E-state index contributed by atoms with van der Waals surface area (Å²) in [4.78, 5) is 10.9. The minimum absolute atomic E-state index is 0.287. The summed E-state index contributed by atoms with van der Waals surface area (Å²) in [5, 5.41) is 2.61. The van der Waals surface area contributed by atoms with Gasteiger partial charge in [-0.1, -0.05) is 51.9 Å². The summed E-state index contributed by atoms with van der Waals surface area (Å²) in [6, 6.07) is 0. The molecule has 0 aromatic rings. The molecule has 0 spiro atoms. The van der Waals surface area contributed by atoms with Crippen molar-refractivity contribution in [3.8, 4) is 0 Å². The molecular weight excluding hydrogens is 202 g/mol. The summed E-state index contributed by atoms with van der Waals surface area (Å²) in [5.74, 6) is 0. The van der Waals surface area contributed by atoms with Crippen molar-refractivity contribution in [1.29, 1.82) is 0 Å². The van der Waals surface area contributed by atoms with Crippen LogP contribution in [0.2, 0.25) is 0 Å². The van der Waals surface area contributed by atoms with Crippen molar-refractivity contribution in [2.75, 3.05) is 13.2 Å². The van der Waals surface area contributed by atoms with E-state index in [1.165, 1.54) is 44.9 Å². The highest BCUT2D eigenvalue weighted by molar-refractivity contribution is 5.66. The van der Waals surface area contributed by atoms with Gasteiger partial charge in [0, 0.05) is 6.54 Å². The second kappa shape index (κ2) is 12.3. The zero-order chi connectivity index (χ0) is 12.1. The molecule has 0 aromatic carbocycles. The molecule has 0 aromatic heterocycles. The van der Waals surface area contributed by atoms with Gasteiger partial charge in [-0.05, 0) is 13.3 Å². The molecule has 1 amide bonds. The topological polar surface area (TPSA) is 38.3 Å². The molecule has 0 heterocycles. The van der Waals surface area contributed by atoms with Crippen molar-refractivity contribution >= 4 is 6.09 Å². The van der Waals surface area contributed by atoms with Crippen LogP contribution in [0.4, 0.5) is 4.79 Å². The Kier molecular flexibility index (Phi) is 11.8. The van der Waals surface area contributed by atoms with Gasteiger partial charge >= 0.3 is 6.09 Å². The van der Waals surface area contributed by atoms with Crippen LogP contribution in [-0.2, 0) is 4.74 Å². The van der Waals surface area contributed by atoms with E-state index in [1.807, 2.05) is 6.92 Å². The molecule has 0 aliphatic heterocycles. The van der Waals surface area contributed by atoms with Crippen molar-refractivity contribution < 1.29 is 9.53 Å². The van der Waals surface area contributed by atoms with Gasteiger partial charge in [0.15, 0.2) is 0 Å². The lowest BCUT2D eigenvalue weighted by atomic mass is 10.1. The Bertz CT molecular complexity index is 160. The van der Waals surface area contributed by atoms with Gasteiger partial charge < -0.3 is 10.1 Å². The minimum atomic E-state index is -0.287. The average Bonchev–Trinajstić information content (AvgIpc) is 2.27. The summed E-state index contributed by atoms with van der Waals surface area (Å²) in [7, 11) is 0. The fourth-order valence-electron chi connectivity index (χ4n) is 1.60. The normalized spacial score (nSPS) is 10.1. The summed E-state index contributed by atoms with van der Waals surface area (Å²) >= 11 is 0. The minimum Gasteiger partial charge on any atom is -0.450 e. The Balaban J connectivity index is 3.01. The molecule has 1 N–H and O–H groups in total. The molecule has 0 unspecified atom stereocenters. The maximum absolute atomic E-state index is 10.9. The third kappa shape index (κ3) is 11.3. The fraction of sp³-hybridized carbons (Fsp3) is 0.923. The molecule has 0 fully saturated rings. The number of rotatable bonds is 10. The maximum atomic E-state index is 10.9. The Morgan fingerprint density at radius 3 is 2.06 bits per heavy atom. The number of unbranched alkanes of at least 4 members (excludes halogenated alkanes) is 7. The number of nitrogens with one attached hydrogen (secondary N) is 1. The standard InChI is InChI=1S/C13H27NO2/c1-3-5-6-7-8-9-10-11-12-16-13(15)14-4-2/h3-12H2,1-2H3,(H,14,15). The maximum Gasteiger partial charge on any atom is 0.407 e. The first-order valence-electron chi connectivity index (χ1n) is 6.71. The monoisotopic (exact) mass is 229 g/mol. The van der Waals surface area contributed by atoms with Crippen LogP contribution in [0.5, 0.6) is 0 Å². The first-order chi connectivity index (χ1) is 7.81. The number of amides is 1. The predicted molar refractivity (Wildman–Crippen MR) is 67.6 cm³/mol. The van der Waals surface area contributed by atoms with Gasteiger partial charge in [-0.25, -0.2) is 4.79 Å². The molecule has 3 nitrogen and oxygen atoms in total. The largest absolute Gasteiger partial charge is 0.450 e. The van der Waals surface area contributed by atoms with Gasteiger partial charge in [0.1, 0.15) is 0 Å². The number of hydrogen-bond acceptors (Lipinski definition) is 2. The van der Waals surface area contributed by atoms with E-state index >= 15 is 0 Å². The number of ether oxygens (including phenoxy) is 1. The number of alkyl carbamates (subject to hydrolysis) is 1. The summed E-state index contributed by atoms with van der Waals surface area (Å²) in [6.07, 6.45) is 9.85. The molecule has 0 aliphatic carbocycles. The first kappa shape index (κ1) is 15.3. The van der Waals surface area contributed by atoms with Gasteiger partial charge in [0.2, 0.25) is 0 Å². The molecule has 0 aliphatic rings. The van der Waals surface area contributed by atoms with Crippen molar-refractivity contribution in [2.45, 2.75) is 65.2 Å². The van der Waals surface area contributed by atoms with E-state index in [-0.39, 0.29) is 6.09 Å². The molecule has 0 rings (SSSR count). The lowest BCUT2D eigenvalue weighted by Crippen LogP contribution is -2.23. The second-order valence-corrected chi connectivity index (χ2v) is 4.14. The highest BCUT2D eigenvalue weighted by Gasteiger charge is 1.98. The zero-order valence-electron chi connectivity index (χ0n) is 10.9. The SMILES string of the molecule is CCCCCCCCCCOC(=O)NCC. The van der Waals surface area contributed by atoms with E-state index in [0.29, 0.717) is 13.2 Å². The highest BCUT2D eigenvalue weighted by Crippen LogP contribution is 2.08. The van der Waals surface area contributed by atoms with Crippen molar-refractivity contribution in [2.24, 2.45) is 0 Å². The van der Waals surface area contributed by atoms with Crippen LogP contribution in [0, 0.1) is 0 Å². The van der Waals surface area contributed by atoms with Crippen molar-refractivity contribution in [1.82, 2.24) is 5.32 Å². The third-order valence-electron chi connectivity index (χ3n) is 2.55. The second-order valence-electron chi connectivity index (χ2n) is 4.14. The van der Waals surface area contributed by atoms with Crippen LogP contribution in [0.15, 0.2) is 0 Å². The Labute approximate surface area is 99.9 Å². The Morgan fingerprint density at radius 1 is 0.938 bits per heavy atom. The van der Waals surface area contributed by atoms with Gasteiger partial charge in [-0.3, -0.25) is 0 Å². The Hall–Kier alpha value is -0.730. The summed E-state index contributed by atoms with van der Waals surface area (Å²) in [6.45, 7) is 5.31. The van der Waals surface area contributed by atoms with E-state index in [1.54, 1.807) is 0 Å². The number of carbonyl (C=O) groups excluding carboxylic acids is 1. The van der Waals surface area contributed by atoms with E-state index in [2.05, 4.69) is 12.2 Å². The molecular formula is C13H27NO2. The van der Waals surface area contributed by atoms with Crippen LogP contribution < -0.4 is 5.32 Å². The lowest BCUT2D eigenvalue weighted by Gasteiger charge is -2.05. The van der Waals surface area contributed by atoms with Gasteiger partial charge in [-0.2, -0.15) is 0 Å². The van der Waals surface area contributed by atoms with Crippen molar-refractivity contribution in [3.05, 3.63) is 0 Å². The van der Waals surface area contributed by atoms with E-state index in [4.69, 9.17) is 4.74 Å². The summed E-state index contributed by atoms with van der Waals surface area (Å²) < 4.78 is 4.98. The fourth-order valence-corrected chi connectivity index (χ4v) is 1.60. The highest BCUT2D eigenvalue weighted by atomic mass is 16.5. The van der Waals surface area contributed by atoms with E-state index < -0.39 is 0 Å². The molecule has 0 radical (unpaired) electrons. The van der Waals surface area contributed by atoms with E-state index in [9.17, 15) is 4.79 Å². The van der Waals surface area contributed by atoms with Crippen molar-refractivity contribution in [3.63, 3.8) is 0 Å². The molecule has 0 bridgehead atoms. The van der Waals surface area contributed by atoms with Gasteiger partial charge in [0.25, 0.3) is 0 Å². The third-order valence-corrected chi connectivity index (χ3v) is 2.55. The Morgan fingerprint density at radius 2 is 1.50 bits per heavy atom. The average molecular weight is 229 g/mol. The van der Waals surface area contributed by atoms with Gasteiger partial charge in [0.05, 0.1) is 6.61 Å². The predicted octanol–water partition coefficient (Wildman–Crippen LogP) is 3.87. The lowest BCUT2D eigenvalue weighted by molar-refractivity contribution is 0.144. The molecule has 0 saturated heterocycles. The quantitative estimate of drug-likeness (QED) is 0.577. The molecule has 16 heavy (non-hydrogen) atoms. The van der Waals surface area contributed by atoms with Crippen LogP contribution in [0.1, 0.15) is 65.2 Å². The zero-order valence-corrected chi connectivity index (χ0v) is 10.9. The smallest absolute Gasteiger partial charge is 0.407 e. The number of hydrogen-bond donors (Lipinski definition) is 1. The molecule has 96 valence electrons. The molecule has 0 atom stereocenters. The van der Waals surface area contributed by atoms with Crippen LogP contribution in [0.3, 0.4) is 0 Å². The van der Waals surface area contributed by atoms with E-state index in [0.717, 1.165) is 6.42 Å².